The van der Waals surface area contributed by atoms with Gasteiger partial charge in [0, 0.05) is 43.9 Å². The van der Waals surface area contributed by atoms with Crippen molar-refractivity contribution in [1.29, 1.82) is 0 Å². The number of hydrogen-bond donors (Lipinski definition) is 10. The lowest BCUT2D eigenvalue weighted by atomic mass is 9.82. The molecule has 1 heterocycles. The number of rotatable bonds is 24. The van der Waals surface area contributed by atoms with Crippen LogP contribution in [0.25, 0.3) is 0 Å². The van der Waals surface area contributed by atoms with Crippen LogP contribution in [0.5, 0.6) is 0 Å². The molecule has 2 rings (SSSR count). The topological polar surface area (TPSA) is 334 Å². The highest BCUT2D eigenvalue weighted by Gasteiger charge is 2.52. The number of phosphoric acid groups is 2. The first-order valence-electron chi connectivity index (χ1n) is 25.7. The zero-order valence-corrected chi connectivity index (χ0v) is 44.2. The highest BCUT2D eigenvalue weighted by Crippen LogP contribution is 2.50. The molecule has 10 N–H and O–H groups in total. The van der Waals surface area contributed by atoms with E-state index in [2.05, 4.69) is 61.6 Å². The molecule has 1 saturated carbocycles. The third-order valence-electron chi connectivity index (χ3n) is 12.2. The summed E-state index contributed by atoms with van der Waals surface area (Å²) < 4.78 is 52.2. The van der Waals surface area contributed by atoms with E-state index in [9.17, 15) is 73.9 Å². The van der Waals surface area contributed by atoms with Crippen LogP contribution in [0, 0.1) is 11.8 Å². The molecule has 1 aliphatic carbocycles. The van der Waals surface area contributed by atoms with Gasteiger partial charge in [0.2, 0.25) is 0 Å². The molecule has 1 saturated heterocycles. The van der Waals surface area contributed by atoms with Gasteiger partial charge < -0.3 is 59.9 Å². The zero-order chi connectivity index (χ0) is 54.2. The van der Waals surface area contributed by atoms with Crippen LogP contribution in [0.1, 0.15) is 142 Å². The summed E-state index contributed by atoms with van der Waals surface area (Å²) in [5.41, 5.74) is 0. The molecule has 0 radical (unpaired) electrons. The number of phosphoric ester groups is 2. The van der Waals surface area contributed by atoms with E-state index in [1.54, 1.807) is 0 Å². The molecule has 20 nitrogen and oxygen atoms in total. The average Bonchev–Trinajstić information content (AvgIpc) is 3.33. The molecular weight excluding hydrogens is 994 g/mol. The lowest BCUT2D eigenvalue weighted by molar-refractivity contribution is -0.166. The van der Waals surface area contributed by atoms with Gasteiger partial charge in [0.1, 0.15) is 36.8 Å². The van der Waals surface area contributed by atoms with Gasteiger partial charge in [-0.15, -0.1) is 0 Å². The van der Waals surface area contributed by atoms with E-state index in [-0.39, 0.29) is 38.5 Å². The van der Waals surface area contributed by atoms with E-state index in [0.29, 0.717) is 19.3 Å². The highest BCUT2D eigenvalue weighted by molar-refractivity contribution is 7.47. The van der Waals surface area contributed by atoms with Gasteiger partial charge in [0.25, 0.3) is 0 Å². The van der Waals surface area contributed by atoms with E-state index in [0.717, 1.165) is 69.9 Å². The molecular formula is C51H84O20P2. The Labute approximate surface area is 430 Å². The summed E-state index contributed by atoms with van der Waals surface area (Å²) in [6.07, 6.45) is 8.84. The third kappa shape index (κ3) is 28.6. The fourth-order valence-electron chi connectivity index (χ4n) is 8.16. The first-order chi connectivity index (χ1) is 34.7. The van der Waals surface area contributed by atoms with Gasteiger partial charge in [0.15, 0.2) is 6.10 Å². The van der Waals surface area contributed by atoms with Crippen molar-refractivity contribution in [3.8, 4) is 0 Å². The molecule has 1 unspecified atom stereocenters. The number of allylic oxidation sites excluding steroid dienone is 10. The number of hydrogen-bond acceptors (Lipinski definition) is 17. The molecule has 2 aliphatic rings. The molecule has 0 aromatic carbocycles. The summed E-state index contributed by atoms with van der Waals surface area (Å²) in [5.74, 6) is -5.65. The Kier molecular flexibility index (Phi) is 33.4. The number of ether oxygens (including phenoxy) is 2. The van der Waals surface area contributed by atoms with Crippen molar-refractivity contribution < 1.29 is 97.0 Å². The summed E-state index contributed by atoms with van der Waals surface area (Å²) in [6, 6.07) is 0. The summed E-state index contributed by atoms with van der Waals surface area (Å²) in [7, 11) is -11.6. The number of fused-ring (bicyclic) bond motifs is 4. The smallest absolute Gasteiger partial charge is 0.462 e. The van der Waals surface area contributed by atoms with Gasteiger partial charge >= 0.3 is 27.6 Å². The van der Waals surface area contributed by atoms with Crippen molar-refractivity contribution in [2.75, 3.05) is 13.2 Å². The van der Waals surface area contributed by atoms with Crippen molar-refractivity contribution in [3.05, 3.63) is 72.9 Å². The summed E-state index contributed by atoms with van der Waals surface area (Å²) >= 11 is 0. The molecule has 0 aromatic rings. The van der Waals surface area contributed by atoms with Crippen molar-refractivity contribution >= 4 is 33.4 Å². The van der Waals surface area contributed by atoms with E-state index < -0.39 is 132 Å². The number of Topliss-reactive ketones (excluding diaryl/α,β-unsaturated/α-hetero) is 1. The summed E-state index contributed by atoms with van der Waals surface area (Å²) in [5, 5.41) is 79.9. The predicted molar refractivity (Wildman–Crippen MR) is 271 cm³/mol. The second kappa shape index (κ2) is 36.9. The fraction of sp³-hybridized carbons (Fsp3) is 0.706. The molecule has 1 aliphatic heterocycles. The molecule has 73 heavy (non-hydrogen) atoms. The minimum absolute atomic E-state index is 0.0991. The molecule has 22 heteroatoms. The standard InChI is InChI=1S/C51H84O20P2/c1-3-5-7-8-9-10-11-12-13-14-15-16-17-18-19-20-21-22-24-30-45(57)69-39-35-67-44(56)29-26-25-28-38(53)33-41-43(55)34-42(54)40(32-31-37(52)27-23-6-4-2)47(59)50(70-72(62,63)64)51(49(61)48(60)46(41)58)71-73(65,66)68-36-39/h5,7,9-10,12-13,15-16,18-19,31-32,37,39-43,46-52,54-55,58-61H,3-4,6,8,11,14,17,20-30,33-36H2,1-2H3,(H,65,66)(H2,62,63,64)/b7-5-,10-9-,13-12-,16-15-,19-18-,32-31+/t37-,39+,40-,41-,42+,43-,46+,47+,48-,49+,50+,51-/m0/s1. The number of carbonyl (C=O) groups excluding carboxylic acids is 3. The maximum atomic E-state index is 13.8. The molecule has 2 bridgehead atoms. The number of unbranched alkanes of at least 4 members (excludes halogenated alkanes) is 5. The van der Waals surface area contributed by atoms with Gasteiger partial charge in [-0.05, 0) is 70.6 Å². The third-order valence-corrected chi connectivity index (χ3v) is 13.7. The van der Waals surface area contributed by atoms with Gasteiger partial charge in [-0.2, -0.15) is 0 Å². The normalized spacial score (nSPS) is 30.9. The first kappa shape index (κ1) is 66.1. The average molecular weight is 1080 g/mol. The SMILES string of the molecule is CC/C=C\C/C=C\C/C=C\C/C=C\C/C=C\CCCCCC(=O)O[C@@H]1COC(=O)CCCCC(=O)C[C@@H]2[C@@H](O)[C@H](O)[C@@H](O)[C@H](OP(=O)(O)OC1)[C@H](OP(=O)(O)O)[C@H](O)[C@@H](/C=C/[C@@H](O)CCCCC)[C@H](O)C[C@@H]2O. The molecule has 0 amide bonds. The second-order valence-electron chi connectivity index (χ2n) is 18.5. The van der Waals surface area contributed by atoms with Crippen molar-refractivity contribution in [2.24, 2.45) is 11.8 Å². The van der Waals surface area contributed by atoms with Crippen molar-refractivity contribution in [2.45, 2.75) is 203 Å². The molecule has 2 fully saturated rings. The highest BCUT2D eigenvalue weighted by atomic mass is 31.2. The van der Waals surface area contributed by atoms with E-state index in [1.165, 1.54) is 0 Å². The number of aliphatic hydroxyl groups is 7. The quantitative estimate of drug-likeness (QED) is 0.0231. The Morgan fingerprint density at radius 2 is 1.38 bits per heavy atom. The van der Waals surface area contributed by atoms with E-state index >= 15 is 0 Å². The monoisotopic (exact) mass is 1080 g/mol. The lowest BCUT2D eigenvalue weighted by Crippen LogP contribution is -2.56. The van der Waals surface area contributed by atoms with Crippen LogP contribution in [-0.2, 0) is 46.6 Å². The predicted octanol–water partition coefficient (Wildman–Crippen LogP) is 5.96. The Balaban J connectivity index is 2.31. The Hall–Kier alpha value is -3.01. The van der Waals surface area contributed by atoms with Crippen molar-refractivity contribution in [3.63, 3.8) is 0 Å². The van der Waals surface area contributed by atoms with E-state index in [1.807, 2.05) is 13.0 Å². The fourth-order valence-corrected chi connectivity index (χ4v) is 9.69. The van der Waals surface area contributed by atoms with Gasteiger partial charge in [0.05, 0.1) is 37.1 Å². The number of carbonyl (C=O) groups is 3. The molecule has 13 atom stereocenters. The summed E-state index contributed by atoms with van der Waals surface area (Å²) in [4.78, 5) is 70.1. The zero-order valence-electron chi connectivity index (χ0n) is 42.4. The van der Waals surface area contributed by atoms with Crippen LogP contribution in [0.4, 0.5) is 0 Å². The summed E-state index contributed by atoms with van der Waals surface area (Å²) in [6.45, 7) is 2.32. The lowest BCUT2D eigenvalue weighted by Gasteiger charge is -2.38. The molecule has 0 spiro atoms. The number of aliphatic hydroxyl groups excluding tert-OH is 7. The maximum absolute atomic E-state index is 13.8. The minimum atomic E-state index is -5.82. The van der Waals surface area contributed by atoms with Crippen molar-refractivity contribution in [1.82, 2.24) is 0 Å². The second-order valence-corrected chi connectivity index (χ2v) is 21.1. The van der Waals surface area contributed by atoms with E-state index in [4.69, 9.17) is 23.0 Å². The Morgan fingerprint density at radius 1 is 0.767 bits per heavy atom. The maximum Gasteiger partial charge on any atom is 0.472 e. The largest absolute Gasteiger partial charge is 0.472 e. The molecule has 0 aromatic heterocycles. The van der Waals surface area contributed by atoms with Crippen LogP contribution in [-0.4, -0.2) is 142 Å². The number of cyclic esters (lactones) is 1. The first-order valence-corrected chi connectivity index (χ1v) is 28.7. The van der Waals surface area contributed by atoms with Gasteiger partial charge in [-0.1, -0.05) is 112 Å². The number of ketones is 1. The van der Waals surface area contributed by atoms with Gasteiger partial charge in [-0.3, -0.25) is 28.0 Å². The van der Waals surface area contributed by atoms with Crippen LogP contribution in [0.3, 0.4) is 0 Å². The van der Waals surface area contributed by atoms with Crippen LogP contribution < -0.4 is 0 Å². The van der Waals surface area contributed by atoms with Gasteiger partial charge in [-0.25, -0.2) is 9.13 Å². The van der Waals surface area contributed by atoms with Crippen LogP contribution >= 0.6 is 15.6 Å². The van der Waals surface area contributed by atoms with Crippen LogP contribution in [0.15, 0.2) is 72.9 Å². The minimum Gasteiger partial charge on any atom is -0.462 e. The number of esters is 2. The molecule has 418 valence electrons. The Bertz CT molecular complexity index is 1860. The van der Waals surface area contributed by atoms with Crippen LogP contribution in [0.2, 0.25) is 0 Å². The Morgan fingerprint density at radius 3 is 2.00 bits per heavy atom.